The molecule has 0 saturated heterocycles. The average Bonchev–Trinajstić information content (AvgIpc) is 2.66. The molecule has 1 aromatic carbocycles. The summed E-state index contributed by atoms with van der Waals surface area (Å²) < 4.78 is 12.8. The first-order valence-corrected chi connectivity index (χ1v) is 9.56. The fraction of sp³-hybridized carbons (Fsp3) is 0.550. The van der Waals surface area contributed by atoms with E-state index in [1.807, 2.05) is 6.92 Å². The number of rotatable bonds is 11. The average molecular weight is 376 g/mol. The number of aryl methyl sites for hydroxylation is 1. The number of non-ortho nitro benzene ring substituents is 1. The van der Waals surface area contributed by atoms with Crippen molar-refractivity contribution in [3.63, 3.8) is 0 Å². The molecule has 0 aliphatic heterocycles. The lowest BCUT2D eigenvalue weighted by Gasteiger charge is -2.17. The number of hydrogen-bond acceptors (Lipinski definition) is 5. The predicted octanol–water partition coefficient (Wildman–Crippen LogP) is 4.68. The summed E-state index contributed by atoms with van der Waals surface area (Å²) >= 11 is 0. The standard InChI is InChI=1S/C20H28N2O5/c1-4-6-8-9-13-27-18-16-11-10-15(22(24)25)14-17(16)21(12-7-5-2)20(23)19(18)26-3/h10-11,14H,4-9,12-13H2,1-3H3. The lowest BCUT2D eigenvalue weighted by Crippen LogP contribution is -2.23. The van der Waals surface area contributed by atoms with Gasteiger partial charge in [0.05, 0.1) is 24.2 Å². The van der Waals surface area contributed by atoms with Gasteiger partial charge in [0.2, 0.25) is 5.75 Å². The van der Waals surface area contributed by atoms with Crippen molar-refractivity contribution in [2.24, 2.45) is 0 Å². The minimum Gasteiger partial charge on any atom is -0.489 e. The smallest absolute Gasteiger partial charge is 0.297 e. The molecule has 0 radical (unpaired) electrons. The third kappa shape index (κ3) is 4.78. The predicted molar refractivity (Wildman–Crippen MR) is 106 cm³/mol. The molecule has 0 atom stereocenters. The molecule has 0 N–H and O–H groups in total. The molecule has 0 amide bonds. The number of nitrogens with zero attached hydrogens (tertiary/aromatic N) is 2. The van der Waals surface area contributed by atoms with Crippen LogP contribution in [-0.4, -0.2) is 23.2 Å². The number of ether oxygens (including phenoxy) is 2. The van der Waals surface area contributed by atoms with Crippen molar-refractivity contribution < 1.29 is 14.4 Å². The van der Waals surface area contributed by atoms with Crippen molar-refractivity contribution >= 4 is 16.6 Å². The molecule has 2 rings (SSSR count). The molecular weight excluding hydrogens is 348 g/mol. The Bertz CT molecular complexity index is 844. The molecule has 2 aromatic rings. The van der Waals surface area contributed by atoms with Crippen LogP contribution >= 0.6 is 0 Å². The van der Waals surface area contributed by atoms with Gasteiger partial charge in [-0.1, -0.05) is 39.5 Å². The summed E-state index contributed by atoms with van der Waals surface area (Å²) in [6.45, 7) is 5.11. The van der Waals surface area contributed by atoms with E-state index in [-0.39, 0.29) is 17.0 Å². The maximum atomic E-state index is 12.9. The highest BCUT2D eigenvalue weighted by Gasteiger charge is 2.21. The number of nitro groups is 1. The molecule has 1 aromatic heterocycles. The normalized spacial score (nSPS) is 10.9. The second-order valence-electron chi connectivity index (χ2n) is 6.54. The van der Waals surface area contributed by atoms with Crippen molar-refractivity contribution in [3.05, 3.63) is 38.7 Å². The highest BCUT2D eigenvalue weighted by Crippen LogP contribution is 2.34. The van der Waals surface area contributed by atoms with Crippen molar-refractivity contribution in [1.29, 1.82) is 0 Å². The zero-order chi connectivity index (χ0) is 19.8. The summed E-state index contributed by atoms with van der Waals surface area (Å²) in [7, 11) is 1.45. The Morgan fingerprint density at radius 2 is 1.81 bits per heavy atom. The van der Waals surface area contributed by atoms with Crippen molar-refractivity contribution in [3.8, 4) is 11.5 Å². The monoisotopic (exact) mass is 376 g/mol. The summed E-state index contributed by atoms with van der Waals surface area (Å²) in [5.74, 6) is 0.527. The van der Waals surface area contributed by atoms with Gasteiger partial charge in [-0.3, -0.25) is 14.9 Å². The van der Waals surface area contributed by atoms with Gasteiger partial charge >= 0.3 is 0 Å². The van der Waals surface area contributed by atoms with Crippen LogP contribution in [0.25, 0.3) is 10.9 Å². The number of nitro benzene ring substituents is 1. The van der Waals surface area contributed by atoms with Gasteiger partial charge in [-0.15, -0.1) is 0 Å². The molecule has 7 heteroatoms. The Balaban J connectivity index is 2.55. The first-order chi connectivity index (χ1) is 13.0. The number of methoxy groups -OCH3 is 1. The van der Waals surface area contributed by atoms with Crippen LogP contribution in [0.4, 0.5) is 5.69 Å². The van der Waals surface area contributed by atoms with Crippen LogP contribution in [0.1, 0.15) is 52.4 Å². The zero-order valence-electron chi connectivity index (χ0n) is 16.3. The third-order valence-electron chi connectivity index (χ3n) is 4.56. The molecule has 1 heterocycles. The molecule has 0 spiro atoms. The maximum absolute atomic E-state index is 12.9. The fourth-order valence-electron chi connectivity index (χ4n) is 3.06. The van der Waals surface area contributed by atoms with E-state index in [0.29, 0.717) is 29.8 Å². The summed E-state index contributed by atoms with van der Waals surface area (Å²) in [4.78, 5) is 23.7. The van der Waals surface area contributed by atoms with Gasteiger partial charge in [-0.2, -0.15) is 0 Å². The lowest BCUT2D eigenvalue weighted by atomic mass is 10.1. The van der Waals surface area contributed by atoms with Gasteiger partial charge in [0.1, 0.15) is 0 Å². The molecule has 0 bridgehead atoms. The first-order valence-electron chi connectivity index (χ1n) is 9.56. The molecule has 0 saturated carbocycles. The van der Waals surface area contributed by atoms with Crippen LogP contribution in [0.3, 0.4) is 0 Å². The van der Waals surface area contributed by atoms with Crippen LogP contribution in [0.15, 0.2) is 23.0 Å². The van der Waals surface area contributed by atoms with E-state index in [1.165, 1.54) is 19.2 Å². The highest BCUT2D eigenvalue weighted by molar-refractivity contribution is 5.89. The van der Waals surface area contributed by atoms with Crippen molar-refractivity contribution in [2.75, 3.05) is 13.7 Å². The Kier molecular flexibility index (Phi) is 7.64. The van der Waals surface area contributed by atoms with Crippen LogP contribution in [0.2, 0.25) is 0 Å². The number of benzene rings is 1. The Hall–Kier alpha value is -2.57. The molecule has 0 unspecified atom stereocenters. The van der Waals surface area contributed by atoms with E-state index in [9.17, 15) is 14.9 Å². The lowest BCUT2D eigenvalue weighted by molar-refractivity contribution is -0.384. The van der Waals surface area contributed by atoms with Crippen LogP contribution in [0.5, 0.6) is 11.5 Å². The van der Waals surface area contributed by atoms with Gasteiger partial charge in [0.25, 0.3) is 11.2 Å². The Labute approximate surface area is 159 Å². The van der Waals surface area contributed by atoms with Crippen molar-refractivity contribution in [2.45, 2.75) is 58.9 Å². The van der Waals surface area contributed by atoms with Gasteiger partial charge < -0.3 is 14.0 Å². The molecule has 0 aliphatic carbocycles. The fourth-order valence-corrected chi connectivity index (χ4v) is 3.06. The number of hydrogen-bond donors (Lipinski definition) is 0. The first kappa shape index (κ1) is 20.7. The zero-order valence-corrected chi connectivity index (χ0v) is 16.3. The molecule has 27 heavy (non-hydrogen) atoms. The van der Waals surface area contributed by atoms with Crippen LogP contribution < -0.4 is 15.0 Å². The Morgan fingerprint density at radius 3 is 2.44 bits per heavy atom. The SMILES string of the molecule is CCCCCCOc1c(OC)c(=O)n(CCCC)c2cc([N+](=O)[O-])ccc12. The number of aromatic nitrogens is 1. The van der Waals surface area contributed by atoms with Gasteiger partial charge in [-0.25, -0.2) is 0 Å². The van der Waals surface area contributed by atoms with Crippen molar-refractivity contribution in [1.82, 2.24) is 4.57 Å². The Morgan fingerprint density at radius 1 is 1.07 bits per heavy atom. The summed E-state index contributed by atoms with van der Waals surface area (Å²) in [5.41, 5.74) is 0.140. The summed E-state index contributed by atoms with van der Waals surface area (Å²) in [5, 5.41) is 11.9. The number of unbranched alkanes of at least 4 members (excludes halogenated alkanes) is 4. The number of pyridine rings is 1. The van der Waals surface area contributed by atoms with Crippen LogP contribution in [-0.2, 0) is 6.54 Å². The van der Waals surface area contributed by atoms with Gasteiger partial charge in [-0.05, 0) is 18.9 Å². The molecular formula is C20H28N2O5. The van der Waals surface area contributed by atoms with Gasteiger partial charge in [0.15, 0.2) is 5.75 Å². The van der Waals surface area contributed by atoms with E-state index < -0.39 is 4.92 Å². The second-order valence-corrected chi connectivity index (χ2v) is 6.54. The molecule has 0 fully saturated rings. The molecule has 148 valence electrons. The third-order valence-corrected chi connectivity index (χ3v) is 4.56. The topological polar surface area (TPSA) is 83.6 Å². The van der Waals surface area contributed by atoms with Gasteiger partial charge in [0, 0.05) is 24.1 Å². The van der Waals surface area contributed by atoms with E-state index >= 15 is 0 Å². The van der Waals surface area contributed by atoms with E-state index in [0.717, 1.165) is 38.5 Å². The maximum Gasteiger partial charge on any atom is 0.297 e. The molecule has 7 nitrogen and oxygen atoms in total. The van der Waals surface area contributed by atoms with E-state index in [2.05, 4.69) is 6.92 Å². The summed E-state index contributed by atoms with van der Waals surface area (Å²) in [6, 6.07) is 4.51. The largest absolute Gasteiger partial charge is 0.489 e. The highest BCUT2D eigenvalue weighted by atomic mass is 16.6. The number of fused-ring (bicyclic) bond motifs is 1. The minimum absolute atomic E-state index is 0.0498. The minimum atomic E-state index is -0.455. The van der Waals surface area contributed by atoms with E-state index in [1.54, 1.807) is 10.6 Å². The summed E-state index contributed by atoms with van der Waals surface area (Å²) in [6.07, 6.45) is 5.88. The second kappa shape index (κ2) is 9.94. The van der Waals surface area contributed by atoms with Crippen LogP contribution in [0, 0.1) is 10.1 Å². The molecule has 0 aliphatic rings. The quantitative estimate of drug-likeness (QED) is 0.323. The van der Waals surface area contributed by atoms with E-state index in [4.69, 9.17) is 9.47 Å².